The number of nitrogens with two attached hydrogens (primary N) is 1. The third-order valence-corrected chi connectivity index (χ3v) is 2.18. The van der Waals surface area contributed by atoms with Crippen molar-refractivity contribution >= 4 is 17.6 Å². The summed E-state index contributed by atoms with van der Waals surface area (Å²) >= 11 is 0. The monoisotopic (exact) mass is 222 g/mol. The van der Waals surface area contributed by atoms with Gasteiger partial charge in [-0.05, 0) is 30.7 Å². The van der Waals surface area contributed by atoms with Gasteiger partial charge in [0.1, 0.15) is 0 Å². The molecule has 0 heterocycles. The van der Waals surface area contributed by atoms with Crippen LogP contribution >= 0.6 is 0 Å². The molecular formula is C11H14N2O3. The Morgan fingerprint density at radius 2 is 1.94 bits per heavy atom. The zero-order valence-electron chi connectivity index (χ0n) is 8.93. The van der Waals surface area contributed by atoms with Crippen molar-refractivity contribution in [2.75, 3.05) is 5.32 Å². The van der Waals surface area contributed by atoms with Crippen molar-refractivity contribution in [3.05, 3.63) is 29.8 Å². The average Bonchev–Trinajstić information content (AvgIpc) is 2.28. The molecule has 4 N–H and O–H groups in total. The highest BCUT2D eigenvalue weighted by Crippen LogP contribution is 2.09. The number of carbonyl (C=O) groups excluding carboxylic acids is 1. The van der Waals surface area contributed by atoms with E-state index in [9.17, 15) is 9.59 Å². The minimum absolute atomic E-state index is 0.179. The van der Waals surface area contributed by atoms with Gasteiger partial charge in [-0.25, -0.2) is 4.79 Å². The predicted molar refractivity (Wildman–Crippen MR) is 60.3 cm³/mol. The minimum atomic E-state index is -0.997. The quantitative estimate of drug-likeness (QED) is 0.710. The van der Waals surface area contributed by atoms with Crippen LogP contribution in [0.5, 0.6) is 0 Å². The molecule has 86 valence electrons. The first kappa shape index (κ1) is 12.2. The molecule has 0 spiro atoms. The zero-order chi connectivity index (χ0) is 12.1. The third-order valence-electron chi connectivity index (χ3n) is 2.18. The second kappa shape index (κ2) is 5.27. The van der Waals surface area contributed by atoms with Crippen molar-refractivity contribution in [2.45, 2.75) is 19.4 Å². The van der Waals surface area contributed by atoms with Gasteiger partial charge in [0, 0.05) is 5.69 Å². The average molecular weight is 222 g/mol. The van der Waals surface area contributed by atoms with Crippen LogP contribution in [0.1, 0.15) is 23.7 Å². The maximum Gasteiger partial charge on any atom is 0.335 e. The summed E-state index contributed by atoms with van der Waals surface area (Å²) in [4.78, 5) is 22.0. The second-order valence-corrected chi connectivity index (χ2v) is 3.39. The highest BCUT2D eigenvalue weighted by atomic mass is 16.4. The third kappa shape index (κ3) is 3.06. The molecule has 16 heavy (non-hydrogen) atoms. The molecule has 0 radical (unpaired) electrons. The number of nitrogens with one attached hydrogen (secondary N) is 1. The molecule has 1 amide bonds. The summed E-state index contributed by atoms with van der Waals surface area (Å²) < 4.78 is 0. The van der Waals surface area contributed by atoms with Gasteiger partial charge in [-0.2, -0.15) is 0 Å². The van der Waals surface area contributed by atoms with Crippen LogP contribution in [-0.2, 0) is 4.79 Å². The van der Waals surface area contributed by atoms with E-state index in [0.717, 1.165) is 0 Å². The molecule has 0 aliphatic heterocycles. The molecule has 0 saturated carbocycles. The van der Waals surface area contributed by atoms with Crippen molar-refractivity contribution in [1.82, 2.24) is 0 Å². The van der Waals surface area contributed by atoms with E-state index in [1.54, 1.807) is 0 Å². The first-order valence-electron chi connectivity index (χ1n) is 4.94. The Kier molecular flexibility index (Phi) is 4.02. The summed E-state index contributed by atoms with van der Waals surface area (Å²) in [6.07, 6.45) is 0.555. The summed E-state index contributed by atoms with van der Waals surface area (Å²) in [5.41, 5.74) is 6.26. The molecule has 1 aromatic carbocycles. The molecule has 0 saturated heterocycles. The highest BCUT2D eigenvalue weighted by molar-refractivity contribution is 5.95. The van der Waals surface area contributed by atoms with Gasteiger partial charge in [0.25, 0.3) is 0 Å². The molecule has 5 heteroatoms. The molecule has 1 aromatic rings. The number of amides is 1. The Labute approximate surface area is 93.3 Å². The Balaban J connectivity index is 2.69. The van der Waals surface area contributed by atoms with Crippen molar-refractivity contribution in [2.24, 2.45) is 5.73 Å². The van der Waals surface area contributed by atoms with Crippen molar-refractivity contribution in [1.29, 1.82) is 0 Å². The number of hydrogen-bond donors (Lipinski definition) is 3. The van der Waals surface area contributed by atoms with Crippen LogP contribution < -0.4 is 11.1 Å². The van der Waals surface area contributed by atoms with Crippen LogP contribution in [0.2, 0.25) is 0 Å². The molecule has 0 aliphatic rings. The van der Waals surface area contributed by atoms with Gasteiger partial charge in [-0.15, -0.1) is 0 Å². The van der Waals surface area contributed by atoms with Crippen molar-refractivity contribution in [3.63, 3.8) is 0 Å². The van der Waals surface area contributed by atoms with Gasteiger partial charge in [0.15, 0.2) is 0 Å². The summed E-state index contributed by atoms with van der Waals surface area (Å²) in [5, 5.41) is 11.3. The minimum Gasteiger partial charge on any atom is -0.478 e. The molecule has 0 fully saturated rings. The lowest BCUT2D eigenvalue weighted by Gasteiger charge is -2.09. The van der Waals surface area contributed by atoms with Gasteiger partial charge in [0.05, 0.1) is 11.6 Å². The lowest BCUT2D eigenvalue weighted by Crippen LogP contribution is -2.34. The SMILES string of the molecule is CC[C@H](N)C(=O)Nc1ccc(C(=O)O)cc1. The topological polar surface area (TPSA) is 92.4 Å². The molecule has 0 unspecified atom stereocenters. The number of rotatable bonds is 4. The molecule has 1 rings (SSSR count). The maximum absolute atomic E-state index is 11.4. The van der Waals surface area contributed by atoms with Crippen molar-refractivity contribution < 1.29 is 14.7 Å². The first-order chi connectivity index (χ1) is 7.54. The number of anilines is 1. The second-order valence-electron chi connectivity index (χ2n) is 3.39. The largest absolute Gasteiger partial charge is 0.478 e. The fourth-order valence-corrected chi connectivity index (χ4v) is 1.12. The molecule has 0 bridgehead atoms. The van der Waals surface area contributed by atoms with Crippen LogP contribution in [0.4, 0.5) is 5.69 Å². The van der Waals surface area contributed by atoms with Crippen LogP contribution in [0.3, 0.4) is 0 Å². The smallest absolute Gasteiger partial charge is 0.335 e. The number of aromatic carboxylic acids is 1. The van der Waals surface area contributed by atoms with Crippen LogP contribution in [0, 0.1) is 0 Å². The lowest BCUT2D eigenvalue weighted by molar-refractivity contribution is -0.117. The van der Waals surface area contributed by atoms with E-state index in [2.05, 4.69) is 5.32 Å². The van der Waals surface area contributed by atoms with E-state index >= 15 is 0 Å². The zero-order valence-corrected chi connectivity index (χ0v) is 8.93. The number of carbonyl (C=O) groups is 2. The number of hydrogen-bond acceptors (Lipinski definition) is 3. The lowest BCUT2D eigenvalue weighted by atomic mass is 10.2. The summed E-state index contributed by atoms with van der Waals surface area (Å²) in [6.45, 7) is 1.82. The standard InChI is InChI=1S/C11H14N2O3/c1-2-9(12)10(14)13-8-5-3-7(4-6-8)11(15)16/h3-6,9H,2,12H2,1H3,(H,13,14)(H,15,16)/t9-/m0/s1. The fraction of sp³-hybridized carbons (Fsp3) is 0.273. The molecule has 1 atom stereocenters. The first-order valence-corrected chi connectivity index (χ1v) is 4.94. The van der Waals surface area contributed by atoms with E-state index < -0.39 is 12.0 Å². The molecule has 0 aromatic heterocycles. The number of carboxylic acid groups (broad SMARTS) is 1. The normalized spacial score (nSPS) is 11.9. The van der Waals surface area contributed by atoms with Gasteiger partial charge >= 0.3 is 5.97 Å². The Hall–Kier alpha value is -1.88. The maximum atomic E-state index is 11.4. The van der Waals surface area contributed by atoms with Gasteiger partial charge in [-0.1, -0.05) is 6.92 Å². The van der Waals surface area contributed by atoms with Gasteiger partial charge < -0.3 is 16.2 Å². The molecule has 0 aliphatic carbocycles. The van der Waals surface area contributed by atoms with E-state index in [1.807, 2.05) is 6.92 Å². The molecular weight excluding hydrogens is 208 g/mol. The molecule has 5 nitrogen and oxygen atoms in total. The predicted octanol–water partition coefficient (Wildman–Crippen LogP) is 1.06. The van der Waals surface area contributed by atoms with Gasteiger partial charge in [-0.3, -0.25) is 4.79 Å². The van der Waals surface area contributed by atoms with E-state index in [-0.39, 0.29) is 11.5 Å². The Bertz CT molecular complexity index is 387. The summed E-state index contributed by atoms with van der Waals surface area (Å²) in [6, 6.07) is 5.37. The van der Waals surface area contributed by atoms with Crippen LogP contribution in [0.25, 0.3) is 0 Å². The van der Waals surface area contributed by atoms with Gasteiger partial charge in [0.2, 0.25) is 5.91 Å². The number of carboxylic acids is 1. The fourth-order valence-electron chi connectivity index (χ4n) is 1.12. The Morgan fingerprint density at radius 3 is 2.38 bits per heavy atom. The Morgan fingerprint density at radius 1 is 1.38 bits per heavy atom. The summed E-state index contributed by atoms with van der Waals surface area (Å²) in [7, 11) is 0. The van der Waals surface area contributed by atoms with Crippen LogP contribution in [0.15, 0.2) is 24.3 Å². The van der Waals surface area contributed by atoms with E-state index in [0.29, 0.717) is 12.1 Å². The van der Waals surface area contributed by atoms with Crippen molar-refractivity contribution in [3.8, 4) is 0 Å². The summed E-state index contributed by atoms with van der Waals surface area (Å²) in [5.74, 6) is -1.27. The highest BCUT2D eigenvalue weighted by Gasteiger charge is 2.11. The number of benzene rings is 1. The van der Waals surface area contributed by atoms with E-state index in [4.69, 9.17) is 10.8 Å². The van der Waals surface area contributed by atoms with E-state index in [1.165, 1.54) is 24.3 Å². The van der Waals surface area contributed by atoms with Crippen LogP contribution in [-0.4, -0.2) is 23.0 Å².